The first-order valence-corrected chi connectivity index (χ1v) is 16.0. The quantitative estimate of drug-likeness (QED) is 0.176. The van der Waals surface area contributed by atoms with Gasteiger partial charge in [-0.3, -0.25) is 0 Å². The van der Waals surface area contributed by atoms with Gasteiger partial charge in [-0.2, -0.15) is 0 Å². The van der Waals surface area contributed by atoms with E-state index in [0.29, 0.717) is 7.35 Å². The van der Waals surface area contributed by atoms with Crippen molar-refractivity contribution in [1.29, 1.82) is 0 Å². The minimum absolute atomic E-state index is 0.647. The maximum absolute atomic E-state index is 2.52. The molecule has 2 atom stereocenters. The molecule has 2 heteroatoms. The van der Waals surface area contributed by atoms with Crippen LogP contribution in [0.4, 0.5) is 0 Å². The number of hydrogen-bond donors (Lipinski definition) is 0. The van der Waals surface area contributed by atoms with Gasteiger partial charge in [-0.15, -0.1) is 0 Å². The first kappa shape index (κ1) is 19.6. The molecule has 0 fully saturated rings. The molecule has 4 aromatic rings. The van der Waals surface area contributed by atoms with Crippen molar-refractivity contribution in [3.05, 3.63) is 130 Å². The van der Waals surface area contributed by atoms with E-state index in [2.05, 4.69) is 110 Å². The Morgan fingerprint density at radius 1 is 0.613 bits per heavy atom. The normalized spacial score (nSPS) is 16.8. The molecule has 0 aromatic heterocycles. The second-order valence-corrected chi connectivity index (χ2v) is 15.1. The average molecular weight is 581 g/mol. The van der Waals surface area contributed by atoms with Crippen LogP contribution in [-0.2, 0) is 22.9 Å². The standard InChI is InChI=1S/C16H14P.C13H9.Hf/c1-12-6-2-5-9-16(12)17-15-10-13-7-3-4-8-14(13)11-15;1-3-7-12-10(5-1)9-11-6-2-4-8-13(11)12;/h2-11,17H,1H3;1-9H;. The molecular weight excluding hydrogens is 558 g/mol. The number of benzene rings is 4. The van der Waals surface area contributed by atoms with E-state index in [0.717, 1.165) is 8.58 Å². The molecule has 0 spiro atoms. The van der Waals surface area contributed by atoms with Gasteiger partial charge in [0.25, 0.3) is 0 Å². The second kappa shape index (κ2) is 8.12. The van der Waals surface area contributed by atoms with Crippen LogP contribution in [0, 0.1) is 6.92 Å². The molecule has 0 heterocycles. The van der Waals surface area contributed by atoms with Crippen molar-refractivity contribution >= 4 is 20.0 Å². The summed E-state index contributed by atoms with van der Waals surface area (Å²) in [6.45, 7) is 2.26. The maximum atomic E-state index is 2.52. The fourth-order valence-electron chi connectivity index (χ4n) is 4.98. The van der Waals surface area contributed by atoms with E-state index < -0.39 is 22.9 Å². The van der Waals surface area contributed by atoms with Gasteiger partial charge in [0.05, 0.1) is 0 Å². The number of allylic oxidation sites excluding steroid dienone is 1. The molecule has 6 rings (SSSR count). The molecule has 0 saturated carbocycles. The SMILES string of the molecule is Cc1ccccc1PC1=Cc2ccccc2[CH]1[Hf][CH]1c2ccccc2-c2ccccc21. The molecule has 0 radical (unpaired) electrons. The van der Waals surface area contributed by atoms with Crippen LogP contribution >= 0.6 is 8.58 Å². The number of rotatable bonds is 4. The predicted molar refractivity (Wildman–Crippen MR) is 130 cm³/mol. The van der Waals surface area contributed by atoms with Gasteiger partial charge in [-0.05, 0) is 0 Å². The summed E-state index contributed by atoms with van der Waals surface area (Å²) in [5.41, 5.74) is 10.5. The molecule has 0 bridgehead atoms. The van der Waals surface area contributed by atoms with Gasteiger partial charge in [0, 0.05) is 0 Å². The Kier molecular flexibility index (Phi) is 5.13. The van der Waals surface area contributed by atoms with E-state index >= 15 is 0 Å². The first-order valence-electron chi connectivity index (χ1n) is 10.9. The van der Waals surface area contributed by atoms with Crippen LogP contribution in [0.5, 0.6) is 0 Å². The van der Waals surface area contributed by atoms with E-state index in [1.807, 2.05) is 0 Å². The third kappa shape index (κ3) is 3.43. The Hall–Kier alpha value is -2.08. The molecule has 4 aromatic carbocycles. The Morgan fingerprint density at radius 2 is 1.19 bits per heavy atom. The van der Waals surface area contributed by atoms with Crippen molar-refractivity contribution < 1.29 is 22.9 Å². The molecule has 148 valence electrons. The van der Waals surface area contributed by atoms with Crippen LogP contribution in [-0.4, -0.2) is 0 Å². The summed E-state index contributed by atoms with van der Waals surface area (Å²) in [6, 6.07) is 36.4. The van der Waals surface area contributed by atoms with Crippen LogP contribution in [0.25, 0.3) is 17.2 Å². The zero-order valence-corrected chi connectivity index (χ0v) is 22.1. The number of fused-ring (bicyclic) bond motifs is 4. The Labute approximate surface area is 197 Å². The van der Waals surface area contributed by atoms with Crippen molar-refractivity contribution in [1.82, 2.24) is 0 Å². The molecule has 0 saturated heterocycles. The molecule has 2 aliphatic rings. The fraction of sp³-hybridized carbons (Fsp3) is 0.103. The van der Waals surface area contributed by atoms with Crippen molar-refractivity contribution in [3.63, 3.8) is 0 Å². The van der Waals surface area contributed by atoms with Gasteiger partial charge in [0.2, 0.25) is 0 Å². The van der Waals surface area contributed by atoms with E-state index in [-0.39, 0.29) is 0 Å². The van der Waals surface area contributed by atoms with Crippen LogP contribution in [0.2, 0.25) is 0 Å². The average Bonchev–Trinajstić information content (AvgIpc) is 3.32. The van der Waals surface area contributed by atoms with Crippen LogP contribution < -0.4 is 5.30 Å². The number of aryl methyl sites for hydroxylation is 1. The topological polar surface area (TPSA) is 0 Å². The van der Waals surface area contributed by atoms with E-state index in [1.165, 1.54) is 27.6 Å². The summed E-state index contributed by atoms with van der Waals surface area (Å²) >= 11 is -1.15. The van der Waals surface area contributed by atoms with Crippen molar-refractivity contribution in [2.75, 3.05) is 0 Å². The summed E-state index contributed by atoms with van der Waals surface area (Å²) in [6.07, 6.45) is 2.52. The van der Waals surface area contributed by atoms with Crippen LogP contribution in [0.15, 0.2) is 102 Å². The summed E-state index contributed by atoms with van der Waals surface area (Å²) in [7, 11) is 0.772. The van der Waals surface area contributed by atoms with Crippen molar-refractivity contribution in [2.45, 2.75) is 14.3 Å². The molecule has 0 aliphatic heterocycles. The van der Waals surface area contributed by atoms with E-state index in [9.17, 15) is 0 Å². The molecule has 0 N–H and O–H groups in total. The van der Waals surface area contributed by atoms with E-state index in [1.54, 1.807) is 22.0 Å². The zero-order valence-electron chi connectivity index (χ0n) is 17.5. The van der Waals surface area contributed by atoms with Gasteiger partial charge < -0.3 is 0 Å². The Bertz CT molecular complexity index is 1270. The zero-order chi connectivity index (χ0) is 20.8. The molecule has 2 unspecified atom stereocenters. The Morgan fingerprint density at radius 3 is 1.90 bits per heavy atom. The van der Waals surface area contributed by atoms with Crippen LogP contribution in [0.1, 0.15) is 35.2 Å². The van der Waals surface area contributed by atoms with Gasteiger partial charge >= 0.3 is 198 Å². The summed E-state index contributed by atoms with van der Waals surface area (Å²) in [4.78, 5) is 0. The molecule has 2 aliphatic carbocycles. The van der Waals surface area contributed by atoms with Crippen molar-refractivity contribution in [3.8, 4) is 11.1 Å². The molecular formula is C29H23HfP. The van der Waals surface area contributed by atoms with Gasteiger partial charge in [0.1, 0.15) is 0 Å². The van der Waals surface area contributed by atoms with Crippen molar-refractivity contribution in [2.24, 2.45) is 0 Å². The third-order valence-corrected chi connectivity index (χ3v) is 16.0. The van der Waals surface area contributed by atoms with E-state index in [4.69, 9.17) is 0 Å². The summed E-state index contributed by atoms with van der Waals surface area (Å²) in [5, 5.41) is 3.17. The molecule has 0 amide bonds. The molecule has 31 heavy (non-hydrogen) atoms. The van der Waals surface area contributed by atoms with Gasteiger partial charge in [-0.25, -0.2) is 0 Å². The fourth-order valence-corrected chi connectivity index (χ4v) is 14.6. The van der Waals surface area contributed by atoms with Gasteiger partial charge in [-0.1, -0.05) is 0 Å². The predicted octanol–water partition coefficient (Wildman–Crippen LogP) is 7.25. The number of hydrogen-bond acceptors (Lipinski definition) is 0. The summed E-state index contributed by atoms with van der Waals surface area (Å²) < 4.78 is 1.31. The summed E-state index contributed by atoms with van der Waals surface area (Å²) in [5.74, 6) is 0. The first-order chi connectivity index (χ1) is 15.3. The monoisotopic (exact) mass is 582 g/mol. The second-order valence-electron chi connectivity index (χ2n) is 8.38. The van der Waals surface area contributed by atoms with Crippen LogP contribution in [0.3, 0.4) is 0 Å². The van der Waals surface area contributed by atoms with Gasteiger partial charge in [0.15, 0.2) is 0 Å². The third-order valence-electron chi connectivity index (χ3n) is 6.52. The minimum atomic E-state index is -1.15. The molecule has 0 nitrogen and oxygen atoms in total. The Balaban J connectivity index is 1.41.